The van der Waals surface area contributed by atoms with Crippen LogP contribution in [0.4, 0.5) is 4.39 Å². The highest BCUT2D eigenvalue weighted by Crippen LogP contribution is 2.59. The van der Waals surface area contributed by atoms with Crippen LogP contribution in [0.15, 0.2) is 52.5 Å². The van der Waals surface area contributed by atoms with Gasteiger partial charge in [0.05, 0.1) is 5.71 Å². The molecule has 0 aromatic carbocycles. The Morgan fingerprint density at radius 2 is 2.10 bits per heavy atom. The molecule has 1 unspecified atom stereocenters. The number of nitrogens with zero attached hydrogens (tertiary/aromatic N) is 1. The molecule has 1 atom stereocenters. The number of allylic oxidation sites excluding steroid dienone is 7. The molecule has 0 aromatic heterocycles. The quantitative estimate of drug-likeness (QED) is 0.595. The molecule has 0 radical (unpaired) electrons. The van der Waals surface area contributed by atoms with E-state index >= 15 is 0 Å². The van der Waals surface area contributed by atoms with E-state index in [1.54, 1.807) is 18.4 Å². The van der Waals surface area contributed by atoms with Crippen LogP contribution in [-0.4, -0.2) is 5.71 Å². The predicted molar refractivity (Wildman–Crippen MR) is 89.0 cm³/mol. The van der Waals surface area contributed by atoms with Crippen molar-refractivity contribution in [3.05, 3.63) is 47.5 Å². The molecule has 0 amide bonds. The number of hydrogen-bond acceptors (Lipinski definition) is 1. The molecular formula is C19H26FN. The van der Waals surface area contributed by atoms with E-state index in [-0.39, 0.29) is 5.83 Å². The molecule has 0 saturated heterocycles. The van der Waals surface area contributed by atoms with Gasteiger partial charge in [-0.3, -0.25) is 4.99 Å². The number of rotatable bonds is 5. The van der Waals surface area contributed by atoms with E-state index in [9.17, 15) is 4.39 Å². The van der Waals surface area contributed by atoms with Gasteiger partial charge in [-0.15, -0.1) is 0 Å². The van der Waals surface area contributed by atoms with Crippen molar-refractivity contribution in [3.63, 3.8) is 0 Å². The van der Waals surface area contributed by atoms with Crippen molar-refractivity contribution < 1.29 is 4.39 Å². The Morgan fingerprint density at radius 3 is 2.67 bits per heavy atom. The molecule has 1 nitrogen and oxygen atoms in total. The first-order chi connectivity index (χ1) is 10.0. The molecule has 2 heteroatoms. The highest BCUT2D eigenvalue weighted by atomic mass is 19.1. The minimum atomic E-state index is -0.219. The Labute approximate surface area is 128 Å². The smallest absolute Gasteiger partial charge is 0.125 e. The maximum absolute atomic E-state index is 13.6. The van der Waals surface area contributed by atoms with Gasteiger partial charge in [0.1, 0.15) is 5.83 Å². The summed E-state index contributed by atoms with van der Waals surface area (Å²) in [7, 11) is 0. The van der Waals surface area contributed by atoms with Gasteiger partial charge in [0.2, 0.25) is 0 Å². The first kappa shape index (κ1) is 15.9. The Bertz CT molecular complexity index is 542. The van der Waals surface area contributed by atoms with Crippen LogP contribution in [-0.2, 0) is 0 Å². The Hall–Kier alpha value is -1.44. The molecule has 0 aliphatic heterocycles. The van der Waals surface area contributed by atoms with Gasteiger partial charge in [0, 0.05) is 12.3 Å². The van der Waals surface area contributed by atoms with Crippen molar-refractivity contribution in [1.82, 2.24) is 0 Å². The van der Waals surface area contributed by atoms with Crippen LogP contribution in [0.25, 0.3) is 0 Å². The fraction of sp³-hybridized carbons (Fsp3) is 0.526. The molecule has 114 valence electrons. The lowest BCUT2D eigenvalue weighted by molar-refractivity contribution is 0.376. The van der Waals surface area contributed by atoms with Gasteiger partial charge in [-0.25, -0.2) is 4.39 Å². The van der Waals surface area contributed by atoms with Crippen LogP contribution in [0.3, 0.4) is 0 Å². The molecule has 2 aliphatic rings. The molecule has 2 aliphatic carbocycles. The minimum Gasteiger partial charge on any atom is -0.256 e. The second-order valence-corrected chi connectivity index (χ2v) is 6.17. The van der Waals surface area contributed by atoms with Crippen LogP contribution in [0.1, 0.15) is 53.4 Å². The van der Waals surface area contributed by atoms with E-state index in [1.807, 2.05) is 12.2 Å². The highest BCUT2D eigenvalue weighted by molar-refractivity contribution is 6.12. The minimum absolute atomic E-state index is 0.219. The first-order valence-electron chi connectivity index (χ1n) is 8.05. The van der Waals surface area contributed by atoms with E-state index in [1.165, 1.54) is 24.8 Å². The molecule has 0 bridgehead atoms. The lowest BCUT2D eigenvalue weighted by Gasteiger charge is -2.26. The summed E-state index contributed by atoms with van der Waals surface area (Å²) in [4.78, 5) is 4.46. The van der Waals surface area contributed by atoms with E-state index in [0.29, 0.717) is 11.3 Å². The summed E-state index contributed by atoms with van der Waals surface area (Å²) in [5.41, 5.74) is 3.55. The first-order valence-corrected chi connectivity index (χ1v) is 8.05. The van der Waals surface area contributed by atoms with Gasteiger partial charge in [0.15, 0.2) is 0 Å². The van der Waals surface area contributed by atoms with Crippen LogP contribution in [0.2, 0.25) is 0 Å². The predicted octanol–water partition coefficient (Wildman–Crippen LogP) is 5.92. The van der Waals surface area contributed by atoms with E-state index in [0.717, 1.165) is 17.7 Å². The summed E-state index contributed by atoms with van der Waals surface area (Å²) >= 11 is 0. The maximum Gasteiger partial charge on any atom is 0.125 e. The van der Waals surface area contributed by atoms with Crippen LogP contribution in [0, 0.1) is 11.3 Å². The molecule has 21 heavy (non-hydrogen) atoms. The summed E-state index contributed by atoms with van der Waals surface area (Å²) in [5, 5.41) is 0. The van der Waals surface area contributed by atoms with Gasteiger partial charge in [-0.1, -0.05) is 38.8 Å². The second kappa shape index (κ2) is 6.55. The van der Waals surface area contributed by atoms with Crippen LogP contribution >= 0.6 is 0 Å². The largest absolute Gasteiger partial charge is 0.256 e. The van der Waals surface area contributed by atoms with Crippen molar-refractivity contribution in [2.24, 2.45) is 16.3 Å². The zero-order chi connectivity index (χ0) is 15.5. The number of hydrogen-bond donors (Lipinski definition) is 0. The van der Waals surface area contributed by atoms with Crippen molar-refractivity contribution in [2.45, 2.75) is 53.4 Å². The van der Waals surface area contributed by atoms with E-state index in [2.05, 4.69) is 32.7 Å². The standard InChI is InChI=1S/C19H26FN/c1-5-7-12-21-18-13-16(20)8-9-17(18)15(4)19(10-11-19)14(3)6-2/h7-9,12-14H,5-6,10-11H2,1-4H3/b12-7+,17-15+,21-18-. The lowest BCUT2D eigenvalue weighted by atomic mass is 9.79. The molecule has 0 spiro atoms. The average Bonchev–Trinajstić information content (AvgIpc) is 3.28. The molecule has 1 saturated carbocycles. The zero-order valence-electron chi connectivity index (χ0n) is 13.6. The van der Waals surface area contributed by atoms with Crippen molar-refractivity contribution in [2.75, 3.05) is 0 Å². The Kier molecular flexibility index (Phi) is 4.97. The zero-order valence-corrected chi connectivity index (χ0v) is 13.6. The third-order valence-electron chi connectivity index (χ3n) is 5.01. The van der Waals surface area contributed by atoms with E-state index in [4.69, 9.17) is 0 Å². The van der Waals surface area contributed by atoms with E-state index < -0.39 is 0 Å². The Balaban J connectivity index is 2.40. The summed E-state index contributed by atoms with van der Waals surface area (Å²) in [6, 6.07) is 0. The van der Waals surface area contributed by atoms with Crippen molar-refractivity contribution in [3.8, 4) is 0 Å². The lowest BCUT2D eigenvalue weighted by Crippen LogP contribution is -2.17. The third kappa shape index (κ3) is 3.25. The van der Waals surface area contributed by atoms with Crippen molar-refractivity contribution >= 4 is 5.71 Å². The summed E-state index contributed by atoms with van der Waals surface area (Å²) in [6.45, 7) is 8.85. The fourth-order valence-corrected chi connectivity index (χ4v) is 3.20. The topological polar surface area (TPSA) is 12.4 Å². The number of aliphatic imine (C=N–C) groups is 1. The molecular weight excluding hydrogens is 261 g/mol. The third-order valence-corrected chi connectivity index (χ3v) is 5.01. The van der Waals surface area contributed by atoms with Crippen LogP contribution < -0.4 is 0 Å². The monoisotopic (exact) mass is 287 g/mol. The van der Waals surface area contributed by atoms with Crippen molar-refractivity contribution in [1.29, 1.82) is 0 Å². The summed E-state index contributed by atoms with van der Waals surface area (Å²) in [5.74, 6) is 0.449. The maximum atomic E-state index is 13.6. The fourth-order valence-electron chi connectivity index (χ4n) is 3.20. The summed E-state index contributed by atoms with van der Waals surface area (Å²) < 4.78 is 13.6. The van der Waals surface area contributed by atoms with Crippen LogP contribution in [0.5, 0.6) is 0 Å². The normalized spacial score (nSPS) is 26.1. The molecule has 2 rings (SSSR count). The second-order valence-electron chi connectivity index (χ2n) is 6.17. The average molecular weight is 287 g/mol. The van der Waals surface area contributed by atoms with Gasteiger partial charge < -0.3 is 0 Å². The molecule has 0 aromatic rings. The molecule has 0 heterocycles. The Morgan fingerprint density at radius 1 is 1.38 bits per heavy atom. The number of halogens is 1. The highest BCUT2D eigenvalue weighted by Gasteiger charge is 2.48. The van der Waals surface area contributed by atoms with Gasteiger partial charge in [-0.2, -0.15) is 0 Å². The van der Waals surface area contributed by atoms with Gasteiger partial charge in [0.25, 0.3) is 0 Å². The molecule has 1 fully saturated rings. The van der Waals surface area contributed by atoms with Gasteiger partial charge in [-0.05, 0) is 55.2 Å². The SMILES string of the molecule is CC/C=C/N=C1/C=C(F)C=C/C1=C(/C)C1(C(C)CC)CC1. The molecule has 0 N–H and O–H groups in total. The summed E-state index contributed by atoms with van der Waals surface area (Å²) in [6.07, 6.45) is 13.4. The van der Waals surface area contributed by atoms with Gasteiger partial charge >= 0.3 is 0 Å².